The average Bonchev–Trinajstić information content (AvgIpc) is 2.65. The van der Waals surface area contributed by atoms with E-state index in [4.69, 9.17) is 38.0 Å². The minimum atomic E-state index is 0.536. The van der Waals surface area contributed by atoms with Crippen molar-refractivity contribution in [3.05, 3.63) is 47.0 Å². The van der Waals surface area contributed by atoms with E-state index in [1.54, 1.807) is 33.5 Å². The summed E-state index contributed by atoms with van der Waals surface area (Å²) in [5.41, 5.74) is 2.00. The third-order valence-electron chi connectivity index (χ3n) is 3.79. The van der Waals surface area contributed by atoms with Crippen molar-refractivity contribution in [3.8, 4) is 17.2 Å². The number of ether oxygens (including phenoxy) is 3. The molecule has 0 saturated carbocycles. The lowest BCUT2D eigenvalue weighted by Gasteiger charge is -2.12. The first-order chi connectivity index (χ1) is 12.6. The van der Waals surface area contributed by atoms with Crippen molar-refractivity contribution in [1.82, 2.24) is 5.32 Å². The van der Waals surface area contributed by atoms with Gasteiger partial charge < -0.3 is 24.8 Å². The molecule has 0 unspecified atom stereocenters. The maximum Gasteiger partial charge on any atom is 0.170 e. The van der Waals surface area contributed by atoms with Crippen molar-refractivity contribution < 1.29 is 14.2 Å². The Morgan fingerprint density at radius 1 is 0.962 bits per heavy atom. The first-order valence-corrected chi connectivity index (χ1v) is 8.95. The summed E-state index contributed by atoms with van der Waals surface area (Å²) in [5.74, 6) is 2.11. The molecule has 0 fully saturated rings. The maximum absolute atomic E-state index is 6.11. The van der Waals surface area contributed by atoms with Gasteiger partial charge in [-0.05, 0) is 61.0 Å². The Morgan fingerprint density at radius 3 is 2.31 bits per heavy atom. The molecule has 2 aromatic rings. The molecule has 2 aromatic carbocycles. The first kappa shape index (κ1) is 20.1. The molecule has 0 atom stereocenters. The number of methoxy groups -OCH3 is 3. The number of halogens is 1. The van der Waals surface area contributed by atoms with Crippen LogP contribution in [0, 0.1) is 0 Å². The first-order valence-electron chi connectivity index (χ1n) is 8.16. The summed E-state index contributed by atoms with van der Waals surface area (Å²) in [7, 11) is 4.85. The Balaban J connectivity index is 1.77. The second-order valence-corrected chi connectivity index (χ2v) is 6.34. The molecule has 0 aliphatic rings. The van der Waals surface area contributed by atoms with Gasteiger partial charge in [0.1, 0.15) is 5.75 Å². The van der Waals surface area contributed by atoms with Gasteiger partial charge in [0.2, 0.25) is 0 Å². The SMILES string of the molecule is COc1ccc(NC(=S)NCCCc2ccc(OC)c(OC)c2)cc1Cl. The van der Waals surface area contributed by atoms with Gasteiger partial charge in [0.05, 0.1) is 26.4 Å². The van der Waals surface area contributed by atoms with Crippen molar-refractivity contribution in [1.29, 1.82) is 0 Å². The fourth-order valence-corrected chi connectivity index (χ4v) is 2.93. The van der Waals surface area contributed by atoms with Crippen LogP contribution in [0.1, 0.15) is 12.0 Å². The molecular weight excluding hydrogens is 372 g/mol. The molecule has 5 nitrogen and oxygen atoms in total. The van der Waals surface area contributed by atoms with Crippen LogP contribution in [0.4, 0.5) is 5.69 Å². The maximum atomic E-state index is 6.11. The summed E-state index contributed by atoms with van der Waals surface area (Å²) in [6, 6.07) is 11.4. The van der Waals surface area contributed by atoms with E-state index in [1.165, 1.54) is 5.56 Å². The van der Waals surface area contributed by atoms with Gasteiger partial charge in [-0.3, -0.25) is 0 Å². The topological polar surface area (TPSA) is 51.8 Å². The van der Waals surface area contributed by atoms with Gasteiger partial charge in [0.25, 0.3) is 0 Å². The Bertz CT molecular complexity index is 756. The third kappa shape index (κ3) is 5.68. The van der Waals surface area contributed by atoms with Gasteiger partial charge in [-0.25, -0.2) is 0 Å². The summed E-state index contributed by atoms with van der Waals surface area (Å²) in [6.45, 7) is 0.754. The van der Waals surface area contributed by atoms with E-state index in [9.17, 15) is 0 Å². The molecule has 0 aliphatic carbocycles. The quantitative estimate of drug-likeness (QED) is 0.514. The molecule has 0 bridgehead atoms. The number of hydrogen-bond donors (Lipinski definition) is 2. The van der Waals surface area contributed by atoms with E-state index < -0.39 is 0 Å². The van der Waals surface area contributed by atoms with Gasteiger partial charge in [-0.15, -0.1) is 0 Å². The summed E-state index contributed by atoms with van der Waals surface area (Å²) < 4.78 is 15.7. The van der Waals surface area contributed by atoms with Gasteiger partial charge in [0.15, 0.2) is 16.6 Å². The standard InChI is InChI=1S/C19H23ClN2O3S/c1-23-16-9-7-14(12-15(16)20)22-19(26)21-10-4-5-13-6-8-17(24-2)18(11-13)25-3/h6-9,11-12H,4-5,10H2,1-3H3,(H2,21,22,26). The third-order valence-corrected chi connectivity index (χ3v) is 4.33. The highest BCUT2D eigenvalue weighted by atomic mass is 35.5. The summed E-state index contributed by atoms with van der Waals surface area (Å²) in [4.78, 5) is 0. The van der Waals surface area contributed by atoms with E-state index in [1.807, 2.05) is 24.3 Å². The second kappa shape index (κ2) is 10.1. The van der Waals surface area contributed by atoms with Crippen molar-refractivity contribution in [2.75, 3.05) is 33.2 Å². The van der Waals surface area contributed by atoms with Crippen LogP contribution in [-0.4, -0.2) is 33.0 Å². The highest BCUT2D eigenvalue weighted by Crippen LogP contribution is 2.28. The van der Waals surface area contributed by atoms with Crippen LogP contribution in [0.15, 0.2) is 36.4 Å². The zero-order valence-corrected chi connectivity index (χ0v) is 16.7. The number of anilines is 1. The molecule has 0 aliphatic heterocycles. The predicted octanol–water partition coefficient (Wildman–Crippen LogP) is 4.29. The van der Waals surface area contributed by atoms with Crippen LogP contribution in [0.3, 0.4) is 0 Å². The molecule has 2 rings (SSSR count). The number of aryl methyl sites for hydroxylation is 1. The Morgan fingerprint density at radius 2 is 1.65 bits per heavy atom. The smallest absolute Gasteiger partial charge is 0.170 e. The minimum absolute atomic E-state index is 0.536. The Kier molecular flexibility index (Phi) is 7.81. The highest BCUT2D eigenvalue weighted by Gasteiger charge is 2.05. The average molecular weight is 395 g/mol. The van der Waals surface area contributed by atoms with Crippen molar-refractivity contribution in [2.45, 2.75) is 12.8 Å². The van der Waals surface area contributed by atoms with Crippen molar-refractivity contribution >= 4 is 34.6 Å². The largest absolute Gasteiger partial charge is 0.495 e. The van der Waals surface area contributed by atoms with Crippen LogP contribution >= 0.6 is 23.8 Å². The molecule has 7 heteroatoms. The van der Waals surface area contributed by atoms with Gasteiger partial charge in [-0.1, -0.05) is 17.7 Å². The normalized spacial score (nSPS) is 10.2. The molecule has 0 heterocycles. The van der Waals surface area contributed by atoms with Crippen LogP contribution in [0.25, 0.3) is 0 Å². The zero-order valence-electron chi connectivity index (χ0n) is 15.1. The van der Waals surface area contributed by atoms with Crippen LogP contribution in [0.5, 0.6) is 17.2 Å². The van der Waals surface area contributed by atoms with E-state index in [-0.39, 0.29) is 0 Å². The molecular formula is C19H23ClN2O3S. The van der Waals surface area contributed by atoms with E-state index in [0.717, 1.165) is 36.6 Å². The Labute approximate surface area is 164 Å². The number of thiocarbonyl (C=S) groups is 1. The van der Waals surface area contributed by atoms with Crippen molar-refractivity contribution in [2.24, 2.45) is 0 Å². The molecule has 2 N–H and O–H groups in total. The van der Waals surface area contributed by atoms with E-state index in [2.05, 4.69) is 10.6 Å². The molecule has 26 heavy (non-hydrogen) atoms. The summed E-state index contributed by atoms with van der Waals surface area (Å²) >= 11 is 11.4. The highest BCUT2D eigenvalue weighted by molar-refractivity contribution is 7.80. The fraction of sp³-hybridized carbons (Fsp3) is 0.316. The van der Waals surface area contributed by atoms with E-state index >= 15 is 0 Å². The second-order valence-electron chi connectivity index (χ2n) is 5.52. The lowest BCUT2D eigenvalue weighted by atomic mass is 10.1. The zero-order chi connectivity index (χ0) is 18.9. The van der Waals surface area contributed by atoms with Gasteiger partial charge in [0, 0.05) is 12.2 Å². The lowest BCUT2D eigenvalue weighted by Crippen LogP contribution is -2.29. The van der Waals surface area contributed by atoms with Crippen LogP contribution in [0.2, 0.25) is 5.02 Å². The van der Waals surface area contributed by atoms with Gasteiger partial charge in [-0.2, -0.15) is 0 Å². The molecule has 0 saturated heterocycles. The predicted molar refractivity (Wildman–Crippen MR) is 110 cm³/mol. The monoisotopic (exact) mass is 394 g/mol. The van der Waals surface area contributed by atoms with Crippen LogP contribution < -0.4 is 24.8 Å². The summed E-state index contributed by atoms with van der Waals surface area (Å²) in [5, 5.41) is 7.39. The summed E-state index contributed by atoms with van der Waals surface area (Å²) in [6.07, 6.45) is 1.84. The van der Waals surface area contributed by atoms with Crippen LogP contribution in [-0.2, 0) is 6.42 Å². The molecule has 0 amide bonds. The number of hydrogen-bond acceptors (Lipinski definition) is 4. The molecule has 0 spiro atoms. The molecule has 140 valence electrons. The minimum Gasteiger partial charge on any atom is -0.495 e. The Hall–Kier alpha value is -2.18. The van der Waals surface area contributed by atoms with E-state index in [0.29, 0.717) is 15.9 Å². The number of benzene rings is 2. The number of rotatable bonds is 8. The molecule has 0 radical (unpaired) electrons. The number of nitrogens with one attached hydrogen (secondary N) is 2. The fourth-order valence-electron chi connectivity index (χ4n) is 2.45. The van der Waals surface area contributed by atoms with Crippen molar-refractivity contribution in [3.63, 3.8) is 0 Å². The lowest BCUT2D eigenvalue weighted by molar-refractivity contribution is 0.354. The molecule has 0 aromatic heterocycles. The van der Waals surface area contributed by atoms with Gasteiger partial charge >= 0.3 is 0 Å².